The van der Waals surface area contributed by atoms with E-state index in [0.717, 1.165) is 4.90 Å². The van der Waals surface area contributed by atoms with Gasteiger partial charge in [0.05, 0.1) is 52.6 Å². The number of halogens is 7. The molecule has 2 saturated heterocycles. The Balaban J connectivity index is 1.60. The van der Waals surface area contributed by atoms with Gasteiger partial charge in [0, 0.05) is 45.4 Å². The molecule has 2 aromatic carbocycles. The minimum absolute atomic E-state index is 0.00519. The number of methoxy groups -OCH3 is 1. The second-order valence-electron chi connectivity index (χ2n) is 13.3. The van der Waals surface area contributed by atoms with Crippen molar-refractivity contribution in [3.63, 3.8) is 0 Å². The van der Waals surface area contributed by atoms with Crippen LogP contribution in [-0.4, -0.2) is 88.2 Å². The van der Waals surface area contributed by atoms with E-state index in [4.69, 9.17) is 4.74 Å². The highest BCUT2D eigenvalue weighted by atomic mass is 32.2. The quantitative estimate of drug-likeness (QED) is 0.272. The molecule has 0 radical (unpaired) electrons. The lowest BCUT2D eigenvalue weighted by Gasteiger charge is -2.48. The zero-order valence-corrected chi connectivity index (χ0v) is 28.8. The van der Waals surface area contributed by atoms with Crippen molar-refractivity contribution in [3.8, 4) is 11.1 Å². The summed E-state index contributed by atoms with van der Waals surface area (Å²) in [6.07, 6.45) is -8.85. The number of piperazine rings is 1. The number of alkyl halides is 6. The van der Waals surface area contributed by atoms with Crippen LogP contribution >= 0.6 is 0 Å². The number of pyridine rings is 1. The maximum Gasteiger partial charge on any atom is 0.416 e. The van der Waals surface area contributed by atoms with Crippen molar-refractivity contribution in [1.29, 1.82) is 0 Å². The van der Waals surface area contributed by atoms with Crippen molar-refractivity contribution < 1.29 is 48.7 Å². The van der Waals surface area contributed by atoms with Gasteiger partial charge in [-0.25, -0.2) is 17.8 Å². The SMILES string of the molecule is COCC1CN2CCS(=O)(=O)CC2CN1c1cc(-c2ccc(F)cc2C)c(N(C)C(=O)C(C)(C)c2cc(C(F)(F)F)cc(C(F)(F)F)c2)cn1. The highest BCUT2D eigenvalue weighted by Crippen LogP contribution is 2.42. The molecule has 2 aliphatic heterocycles. The van der Waals surface area contributed by atoms with E-state index in [2.05, 4.69) is 9.88 Å². The fourth-order valence-electron chi connectivity index (χ4n) is 6.66. The molecule has 50 heavy (non-hydrogen) atoms. The zero-order chi connectivity index (χ0) is 37.0. The van der Waals surface area contributed by atoms with E-state index < -0.39 is 56.0 Å². The van der Waals surface area contributed by atoms with Gasteiger partial charge in [0.15, 0.2) is 9.84 Å². The third-order valence-electron chi connectivity index (χ3n) is 9.46. The zero-order valence-electron chi connectivity index (χ0n) is 28.0. The molecule has 3 aromatic rings. The summed E-state index contributed by atoms with van der Waals surface area (Å²) in [7, 11) is -0.385. The molecule has 2 aliphatic rings. The number of aryl methyl sites for hydroxylation is 1. The van der Waals surface area contributed by atoms with Crippen LogP contribution in [0, 0.1) is 12.7 Å². The molecule has 0 saturated carbocycles. The maximum atomic E-state index is 14.2. The van der Waals surface area contributed by atoms with Gasteiger partial charge in [-0.3, -0.25) is 9.69 Å². The van der Waals surface area contributed by atoms with Crippen LogP contribution in [0.3, 0.4) is 0 Å². The third-order valence-corrected chi connectivity index (χ3v) is 11.2. The van der Waals surface area contributed by atoms with Gasteiger partial charge in [-0.15, -0.1) is 0 Å². The number of amides is 1. The minimum atomic E-state index is -5.11. The summed E-state index contributed by atoms with van der Waals surface area (Å²) in [5.41, 5.74) is -3.97. The number of fused-ring (bicyclic) bond motifs is 1. The maximum absolute atomic E-state index is 14.2. The minimum Gasteiger partial charge on any atom is -0.383 e. The molecule has 1 amide bonds. The first-order chi connectivity index (χ1) is 23.1. The molecule has 5 rings (SSSR count). The number of rotatable bonds is 7. The van der Waals surface area contributed by atoms with Crippen LogP contribution in [0.15, 0.2) is 48.7 Å². The van der Waals surface area contributed by atoms with Crippen LogP contribution in [0.25, 0.3) is 11.1 Å². The number of likely N-dealkylation sites (N-methyl/N-ethyl adjacent to an activating group) is 1. The van der Waals surface area contributed by atoms with E-state index in [1.54, 1.807) is 20.1 Å². The predicted octanol–water partition coefficient (Wildman–Crippen LogP) is 6.11. The first kappa shape index (κ1) is 37.5. The molecule has 0 aliphatic carbocycles. The molecule has 2 unspecified atom stereocenters. The Morgan fingerprint density at radius 3 is 2.16 bits per heavy atom. The molecule has 1 aromatic heterocycles. The Labute approximate surface area is 285 Å². The van der Waals surface area contributed by atoms with Crippen molar-refractivity contribution in [2.24, 2.45) is 0 Å². The average molecular weight is 731 g/mol. The van der Waals surface area contributed by atoms with E-state index in [9.17, 15) is 43.9 Å². The van der Waals surface area contributed by atoms with Gasteiger partial charge in [0.2, 0.25) is 5.91 Å². The number of sulfone groups is 1. The first-order valence-corrected chi connectivity index (χ1v) is 17.5. The number of nitrogens with zero attached hydrogens (tertiary/aromatic N) is 4. The molecular formula is C34H37F7N4O4S. The van der Waals surface area contributed by atoms with E-state index in [0.29, 0.717) is 54.3 Å². The number of carbonyl (C=O) groups is 1. The van der Waals surface area contributed by atoms with Crippen molar-refractivity contribution in [2.45, 2.75) is 50.6 Å². The molecule has 8 nitrogen and oxygen atoms in total. The number of hydrogen-bond donors (Lipinski definition) is 0. The number of aromatic nitrogens is 1. The predicted molar refractivity (Wildman–Crippen MR) is 174 cm³/mol. The average Bonchev–Trinajstić information content (AvgIpc) is 3.02. The number of ether oxygens (including phenoxy) is 1. The van der Waals surface area contributed by atoms with E-state index >= 15 is 0 Å². The summed E-state index contributed by atoms with van der Waals surface area (Å²) < 4.78 is 127. The summed E-state index contributed by atoms with van der Waals surface area (Å²) >= 11 is 0. The third kappa shape index (κ3) is 7.61. The highest BCUT2D eigenvalue weighted by Gasteiger charge is 2.43. The van der Waals surface area contributed by atoms with Gasteiger partial charge >= 0.3 is 12.4 Å². The van der Waals surface area contributed by atoms with Crippen LogP contribution in [0.4, 0.5) is 42.2 Å². The van der Waals surface area contributed by atoms with E-state index in [-0.39, 0.29) is 42.0 Å². The van der Waals surface area contributed by atoms with Crippen LogP contribution in [0.5, 0.6) is 0 Å². The van der Waals surface area contributed by atoms with Crippen molar-refractivity contribution >= 4 is 27.2 Å². The Kier molecular flexibility index (Phi) is 10.1. The number of benzene rings is 2. The number of hydrogen-bond acceptors (Lipinski definition) is 7. The number of anilines is 2. The van der Waals surface area contributed by atoms with E-state index in [1.165, 1.54) is 45.3 Å². The molecular weight excluding hydrogens is 693 g/mol. The fourth-order valence-corrected chi connectivity index (χ4v) is 8.25. The Morgan fingerprint density at radius 2 is 1.58 bits per heavy atom. The normalized spacial score (nSPS) is 20.0. The van der Waals surface area contributed by atoms with Gasteiger partial charge in [-0.2, -0.15) is 26.3 Å². The molecule has 0 bridgehead atoms. The monoisotopic (exact) mass is 730 g/mol. The molecule has 3 heterocycles. The molecule has 2 atom stereocenters. The molecule has 2 fully saturated rings. The van der Waals surface area contributed by atoms with Crippen LogP contribution in [-0.2, 0) is 37.1 Å². The lowest BCUT2D eigenvalue weighted by atomic mass is 9.81. The van der Waals surface area contributed by atoms with Gasteiger partial charge < -0.3 is 14.5 Å². The second-order valence-corrected chi connectivity index (χ2v) is 15.6. The van der Waals surface area contributed by atoms with Crippen molar-refractivity contribution in [1.82, 2.24) is 9.88 Å². The van der Waals surface area contributed by atoms with Gasteiger partial charge in [0.25, 0.3) is 0 Å². The standard InChI is InChI=1S/C34H37F7N4O4S/c1-20-10-24(35)6-7-27(20)28-14-30(45-17-26-19-50(47,48)9-8-44(26)16-25(45)18-49-5)42-15-29(28)43(4)31(46)32(2,3)21-11-22(33(36,37)38)13-23(12-21)34(39,40)41/h6-7,10-15,25-26H,8-9,16-19H2,1-5H3. The van der Waals surface area contributed by atoms with Crippen molar-refractivity contribution in [2.75, 3.05) is 61.7 Å². The smallest absolute Gasteiger partial charge is 0.383 e. The Bertz CT molecular complexity index is 1850. The lowest BCUT2D eigenvalue weighted by Crippen LogP contribution is -2.64. The molecule has 0 spiro atoms. The summed E-state index contributed by atoms with van der Waals surface area (Å²) in [6, 6.07) is 6.18. The topological polar surface area (TPSA) is 83.0 Å². The summed E-state index contributed by atoms with van der Waals surface area (Å²) in [4.78, 5) is 23.9. The Hall–Kier alpha value is -3.76. The summed E-state index contributed by atoms with van der Waals surface area (Å²) in [5.74, 6) is -0.932. The van der Waals surface area contributed by atoms with E-state index in [1.807, 2.05) is 4.90 Å². The Morgan fingerprint density at radius 1 is 0.960 bits per heavy atom. The van der Waals surface area contributed by atoms with Crippen molar-refractivity contribution in [3.05, 3.63) is 76.7 Å². The van der Waals surface area contributed by atoms with Crippen LogP contribution < -0.4 is 9.80 Å². The second kappa shape index (κ2) is 13.4. The molecule has 272 valence electrons. The summed E-state index contributed by atoms with van der Waals surface area (Å²) in [5, 5.41) is 0. The fraction of sp³-hybridized carbons (Fsp3) is 0.471. The van der Waals surface area contributed by atoms with Gasteiger partial charge in [-0.1, -0.05) is 6.07 Å². The van der Waals surface area contributed by atoms with Crippen LogP contribution in [0.1, 0.15) is 36.1 Å². The van der Waals surface area contributed by atoms with Gasteiger partial charge in [0.1, 0.15) is 11.6 Å². The van der Waals surface area contributed by atoms with Gasteiger partial charge in [-0.05, 0) is 73.9 Å². The first-order valence-electron chi connectivity index (χ1n) is 15.7. The largest absolute Gasteiger partial charge is 0.416 e. The molecule has 0 N–H and O–H groups in total. The number of carbonyl (C=O) groups excluding carboxylic acids is 1. The molecule has 16 heteroatoms. The lowest BCUT2D eigenvalue weighted by molar-refractivity contribution is -0.143. The summed E-state index contributed by atoms with van der Waals surface area (Å²) in [6.45, 7) is 5.57. The van der Waals surface area contributed by atoms with Crippen LogP contribution in [0.2, 0.25) is 0 Å². The highest BCUT2D eigenvalue weighted by molar-refractivity contribution is 7.91.